The Hall–Kier alpha value is -3.11. The van der Waals surface area contributed by atoms with Crippen LogP contribution in [0.3, 0.4) is 0 Å². The lowest BCUT2D eigenvalue weighted by Gasteiger charge is -2.40. The van der Waals surface area contributed by atoms with Crippen molar-refractivity contribution in [1.82, 2.24) is 14.3 Å². The maximum atomic E-state index is 13.1. The number of rotatable bonds is 8. The van der Waals surface area contributed by atoms with Crippen LogP contribution in [0.15, 0.2) is 66.0 Å². The zero-order valence-electron chi connectivity index (χ0n) is 23.3. The summed E-state index contributed by atoms with van der Waals surface area (Å²) in [6.45, 7) is 7.46. The average Bonchev–Trinajstić information content (AvgIpc) is 3.66. The van der Waals surface area contributed by atoms with Crippen molar-refractivity contribution in [1.29, 1.82) is 0 Å². The Kier molecular flexibility index (Phi) is 7.72. The largest absolute Gasteiger partial charge is 0.489 e. The molecule has 208 valence electrons. The van der Waals surface area contributed by atoms with Crippen LogP contribution < -0.4 is 10.1 Å². The molecule has 2 aromatic carbocycles. The van der Waals surface area contributed by atoms with Crippen LogP contribution in [-0.4, -0.2) is 58.4 Å². The predicted molar refractivity (Wildman–Crippen MR) is 163 cm³/mol. The molecule has 7 nitrogen and oxygen atoms in total. The number of thiophene rings is 1. The number of anilines is 1. The van der Waals surface area contributed by atoms with Gasteiger partial charge in [-0.25, -0.2) is 0 Å². The Labute approximate surface area is 240 Å². The van der Waals surface area contributed by atoms with E-state index in [0.717, 1.165) is 59.9 Å². The van der Waals surface area contributed by atoms with E-state index in [1.165, 1.54) is 24.8 Å². The van der Waals surface area contributed by atoms with E-state index in [0.29, 0.717) is 17.7 Å². The number of hydrogen-bond acceptors (Lipinski definition) is 6. The number of amides is 1. The fourth-order valence-electron chi connectivity index (χ4n) is 6.28. The third-order valence-electron chi connectivity index (χ3n) is 8.79. The van der Waals surface area contributed by atoms with Crippen LogP contribution >= 0.6 is 11.3 Å². The van der Waals surface area contributed by atoms with Crippen molar-refractivity contribution >= 4 is 40.2 Å². The third-order valence-corrected chi connectivity index (χ3v) is 9.64. The molecule has 2 aliphatic heterocycles. The van der Waals surface area contributed by atoms with Gasteiger partial charge in [-0.1, -0.05) is 30.3 Å². The van der Waals surface area contributed by atoms with Gasteiger partial charge in [0, 0.05) is 31.4 Å². The second-order valence-corrected chi connectivity index (χ2v) is 12.4. The number of aromatic nitrogens is 1. The van der Waals surface area contributed by atoms with Crippen LogP contribution in [0.2, 0.25) is 6.82 Å². The predicted octanol–water partition coefficient (Wildman–Crippen LogP) is 5.47. The quantitative estimate of drug-likeness (QED) is 0.282. The number of benzene rings is 2. The van der Waals surface area contributed by atoms with Crippen molar-refractivity contribution in [3.8, 4) is 5.75 Å². The molecule has 2 saturated heterocycles. The Morgan fingerprint density at radius 3 is 2.58 bits per heavy atom. The summed E-state index contributed by atoms with van der Waals surface area (Å²) in [4.78, 5) is 17.8. The lowest BCUT2D eigenvalue weighted by molar-refractivity contribution is 0.101. The molecule has 2 N–H and O–H groups in total. The van der Waals surface area contributed by atoms with E-state index in [9.17, 15) is 9.82 Å². The summed E-state index contributed by atoms with van der Waals surface area (Å²) >= 11 is 1.64. The molecule has 0 unspecified atom stereocenters. The Morgan fingerprint density at radius 1 is 1.07 bits per heavy atom. The minimum Gasteiger partial charge on any atom is -0.489 e. The van der Waals surface area contributed by atoms with E-state index in [4.69, 9.17) is 4.74 Å². The number of ether oxygens (including phenoxy) is 1. The van der Waals surface area contributed by atoms with Crippen LogP contribution in [0.4, 0.5) is 5.69 Å². The van der Waals surface area contributed by atoms with Crippen molar-refractivity contribution in [2.24, 2.45) is 12.5 Å². The Morgan fingerprint density at radius 2 is 1.82 bits per heavy atom. The van der Waals surface area contributed by atoms with Crippen molar-refractivity contribution in [2.75, 3.05) is 31.5 Å². The van der Waals surface area contributed by atoms with Crippen molar-refractivity contribution in [2.45, 2.75) is 39.2 Å². The van der Waals surface area contributed by atoms with Gasteiger partial charge in [0.25, 0.3) is 5.91 Å². The summed E-state index contributed by atoms with van der Waals surface area (Å²) in [5.41, 5.74) is 5.10. The molecule has 9 heteroatoms. The lowest BCUT2D eigenvalue weighted by atomic mass is 9.73. The summed E-state index contributed by atoms with van der Waals surface area (Å²) < 4.78 is 9.17. The average molecular weight is 557 g/mol. The molecule has 1 spiro atoms. The number of carbonyl (C=O) groups is 1. The zero-order valence-corrected chi connectivity index (χ0v) is 24.1. The van der Waals surface area contributed by atoms with E-state index in [1.54, 1.807) is 11.3 Å². The van der Waals surface area contributed by atoms with Crippen molar-refractivity contribution < 1.29 is 14.6 Å². The van der Waals surface area contributed by atoms with Gasteiger partial charge in [0.2, 0.25) is 0 Å². The van der Waals surface area contributed by atoms with Gasteiger partial charge >= 0.3 is 7.05 Å². The number of fused-ring (bicyclic) bond motifs is 1. The second kappa shape index (κ2) is 11.4. The normalized spacial score (nSPS) is 17.5. The van der Waals surface area contributed by atoms with Gasteiger partial charge in [0.15, 0.2) is 0 Å². The number of hydrogen-bond donors (Lipinski definition) is 2. The molecule has 1 amide bonds. The number of likely N-dealkylation sites (tertiary alicyclic amines) is 1. The molecule has 0 saturated carbocycles. The van der Waals surface area contributed by atoms with Gasteiger partial charge in [-0.3, -0.25) is 9.69 Å². The fraction of sp³-hybridized carbons (Fsp3) is 0.387. The molecule has 0 radical (unpaired) electrons. The topological polar surface area (TPSA) is 70.0 Å². The minimum atomic E-state index is -0.338. The van der Waals surface area contributed by atoms with Gasteiger partial charge in [-0.15, -0.1) is 11.3 Å². The number of piperidine rings is 1. The van der Waals surface area contributed by atoms with Gasteiger partial charge in [0.05, 0.1) is 10.2 Å². The fourth-order valence-corrected chi connectivity index (χ4v) is 7.12. The number of nitrogens with one attached hydrogen (secondary N) is 1. The third kappa shape index (κ3) is 5.70. The first kappa shape index (κ1) is 27.1. The van der Waals surface area contributed by atoms with Gasteiger partial charge in [-0.05, 0) is 92.4 Å². The highest BCUT2D eigenvalue weighted by Gasteiger charge is 2.41. The summed E-state index contributed by atoms with van der Waals surface area (Å²) in [6.07, 6.45) is 3.60. The number of carbonyl (C=O) groups excluding carboxylic acids is 1. The number of para-hydroxylation sites is 1. The van der Waals surface area contributed by atoms with Crippen molar-refractivity contribution in [3.63, 3.8) is 0 Å². The highest BCUT2D eigenvalue weighted by atomic mass is 32.1. The first-order valence-corrected chi connectivity index (χ1v) is 15.1. The molecular formula is C31H37BN4O3S. The summed E-state index contributed by atoms with van der Waals surface area (Å²) in [6, 6.07) is 20.2. The van der Waals surface area contributed by atoms with E-state index >= 15 is 0 Å². The Bertz CT molecular complexity index is 1470. The second-order valence-electron chi connectivity index (χ2n) is 11.4. The van der Waals surface area contributed by atoms with E-state index in [-0.39, 0.29) is 13.0 Å². The number of aryl methyl sites for hydroxylation is 1. The summed E-state index contributed by atoms with van der Waals surface area (Å²) in [7, 11) is 1.58. The van der Waals surface area contributed by atoms with Crippen LogP contribution in [0.5, 0.6) is 5.75 Å². The highest BCUT2D eigenvalue weighted by molar-refractivity contribution is 7.17. The molecule has 2 fully saturated rings. The smallest absolute Gasteiger partial charge is 0.376 e. The molecule has 0 aliphatic carbocycles. The SMILES string of the molecule is CB(O)N1CCC2(CCN(Cc3ccc(OCc4ccccc4NC(=O)c4cc5sccc5n4C)cc3)C2)CC1. The minimum absolute atomic E-state index is 0.125. The standard InChI is InChI=1S/C31H37BN4O3S/c1-32(38)36-16-13-31(14-17-36)12-15-35(22-31)20-23-7-9-25(10-8-23)39-21-24-5-3-4-6-26(24)33-30(37)28-19-29-27(34(28)2)11-18-40-29/h3-11,18-19,38H,12-17,20-22H2,1-2H3,(H,33,37). The van der Waals surface area contributed by atoms with E-state index < -0.39 is 0 Å². The lowest BCUT2D eigenvalue weighted by Crippen LogP contribution is -2.47. The molecule has 4 aromatic rings. The van der Waals surface area contributed by atoms with Crippen LogP contribution in [-0.2, 0) is 20.2 Å². The maximum Gasteiger partial charge on any atom is 0.376 e. The van der Waals surface area contributed by atoms with Crippen LogP contribution in [0.1, 0.15) is 40.9 Å². The summed E-state index contributed by atoms with van der Waals surface area (Å²) in [5, 5.41) is 15.0. The molecule has 2 aromatic heterocycles. The zero-order chi connectivity index (χ0) is 27.7. The van der Waals surface area contributed by atoms with Gasteiger partial charge < -0.3 is 24.5 Å². The van der Waals surface area contributed by atoms with E-state index in [2.05, 4.69) is 27.2 Å². The molecule has 40 heavy (non-hydrogen) atoms. The van der Waals surface area contributed by atoms with Crippen LogP contribution in [0.25, 0.3) is 10.2 Å². The highest BCUT2D eigenvalue weighted by Crippen LogP contribution is 2.41. The summed E-state index contributed by atoms with van der Waals surface area (Å²) in [5.74, 6) is 0.691. The first-order chi connectivity index (χ1) is 19.4. The number of nitrogens with zero attached hydrogens (tertiary/aromatic N) is 3. The molecule has 6 rings (SSSR count). The molecule has 0 bridgehead atoms. The molecule has 4 heterocycles. The van der Waals surface area contributed by atoms with Gasteiger partial charge in [-0.2, -0.15) is 0 Å². The monoisotopic (exact) mass is 556 g/mol. The van der Waals surface area contributed by atoms with E-state index in [1.807, 2.05) is 72.3 Å². The van der Waals surface area contributed by atoms with Crippen LogP contribution in [0, 0.1) is 5.41 Å². The van der Waals surface area contributed by atoms with Crippen molar-refractivity contribution in [3.05, 3.63) is 82.9 Å². The molecule has 2 aliphatic rings. The van der Waals surface area contributed by atoms with Gasteiger partial charge in [0.1, 0.15) is 18.1 Å². The molecular weight excluding hydrogens is 519 g/mol. The molecule has 0 atom stereocenters. The Balaban J connectivity index is 1.03. The maximum absolute atomic E-state index is 13.1. The first-order valence-electron chi connectivity index (χ1n) is 14.2.